The van der Waals surface area contributed by atoms with Crippen LogP contribution in [-0.4, -0.2) is 28.6 Å². The Labute approximate surface area is 127 Å². The lowest BCUT2D eigenvalue weighted by molar-refractivity contribution is -0.144. The average molecular weight is 341 g/mol. The molecule has 23 heavy (non-hydrogen) atoms. The van der Waals surface area contributed by atoms with Gasteiger partial charge in [0.1, 0.15) is 6.04 Å². The molecule has 2 rings (SSSR count). The van der Waals surface area contributed by atoms with Crippen molar-refractivity contribution in [1.82, 2.24) is 4.90 Å². The lowest BCUT2D eigenvalue weighted by Crippen LogP contribution is -2.35. The molecule has 1 aliphatic heterocycles. The smallest absolute Gasteiger partial charge is 0.416 e. The molecule has 1 aromatic rings. The average Bonchev–Trinajstić information content (AvgIpc) is 2.84. The standard InChI is InChI=1S/C14H13F6NO2/c15-13(16,17)9-4-8(5-10(6-9)14(18,19)20)7-21-3-1-2-11(21)12(22)23/h4-6,11H,1-3,7H2,(H,22,23)/t11-/m0/s1. The van der Waals surface area contributed by atoms with Crippen molar-refractivity contribution in [1.29, 1.82) is 0 Å². The highest BCUT2D eigenvalue weighted by atomic mass is 19.4. The summed E-state index contributed by atoms with van der Waals surface area (Å²) in [6.45, 7) is 0.0402. The molecular weight excluding hydrogens is 328 g/mol. The fourth-order valence-corrected chi connectivity index (χ4v) is 2.64. The highest BCUT2D eigenvalue weighted by Gasteiger charge is 2.37. The molecule has 1 saturated heterocycles. The number of hydrogen-bond acceptors (Lipinski definition) is 2. The number of hydrogen-bond donors (Lipinski definition) is 1. The van der Waals surface area contributed by atoms with Crippen LogP contribution in [0.2, 0.25) is 0 Å². The van der Waals surface area contributed by atoms with Gasteiger partial charge in [-0.3, -0.25) is 9.69 Å². The summed E-state index contributed by atoms with van der Waals surface area (Å²) in [5, 5.41) is 9.03. The monoisotopic (exact) mass is 341 g/mol. The number of halogens is 6. The van der Waals surface area contributed by atoms with E-state index in [1.807, 2.05) is 0 Å². The van der Waals surface area contributed by atoms with Crippen LogP contribution < -0.4 is 0 Å². The molecule has 1 aromatic carbocycles. The highest BCUT2D eigenvalue weighted by molar-refractivity contribution is 5.73. The summed E-state index contributed by atoms with van der Waals surface area (Å²) in [6, 6.07) is 0.431. The molecule has 1 aliphatic rings. The number of carbonyl (C=O) groups is 1. The predicted octanol–water partition coefficient (Wildman–Crippen LogP) is 3.77. The van der Waals surface area contributed by atoms with Gasteiger partial charge in [-0.25, -0.2) is 0 Å². The van der Waals surface area contributed by atoms with E-state index in [4.69, 9.17) is 5.11 Å². The van der Waals surface area contributed by atoms with Gasteiger partial charge in [0.05, 0.1) is 11.1 Å². The molecule has 0 aliphatic carbocycles. The van der Waals surface area contributed by atoms with Crippen LogP contribution in [0.25, 0.3) is 0 Å². The van der Waals surface area contributed by atoms with Gasteiger partial charge in [-0.05, 0) is 43.1 Å². The molecule has 3 nitrogen and oxygen atoms in total. The highest BCUT2D eigenvalue weighted by Crippen LogP contribution is 2.36. The minimum atomic E-state index is -4.91. The van der Waals surface area contributed by atoms with Crippen molar-refractivity contribution in [2.45, 2.75) is 37.8 Å². The summed E-state index contributed by atoms with van der Waals surface area (Å²) in [4.78, 5) is 12.4. The molecule has 0 amide bonds. The molecule has 0 saturated carbocycles. The van der Waals surface area contributed by atoms with E-state index in [1.54, 1.807) is 0 Å². The van der Waals surface area contributed by atoms with E-state index in [9.17, 15) is 31.1 Å². The Hall–Kier alpha value is -1.77. The fourth-order valence-electron chi connectivity index (χ4n) is 2.64. The quantitative estimate of drug-likeness (QED) is 0.851. The third-order valence-electron chi connectivity index (χ3n) is 3.68. The molecule has 128 valence electrons. The van der Waals surface area contributed by atoms with Gasteiger partial charge in [0.2, 0.25) is 0 Å². The maximum atomic E-state index is 12.8. The first kappa shape index (κ1) is 17.6. The van der Waals surface area contributed by atoms with E-state index >= 15 is 0 Å². The SMILES string of the molecule is O=C(O)[C@@H]1CCCN1Cc1cc(C(F)(F)F)cc(C(F)(F)F)c1. The summed E-state index contributed by atoms with van der Waals surface area (Å²) < 4.78 is 76.7. The number of carboxylic acids is 1. The van der Waals surface area contributed by atoms with Crippen LogP contribution in [0.4, 0.5) is 26.3 Å². The number of aliphatic carboxylic acids is 1. The van der Waals surface area contributed by atoms with Crippen molar-refractivity contribution in [3.63, 3.8) is 0 Å². The molecule has 0 unspecified atom stereocenters. The second-order valence-electron chi connectivity index (χ2n) is 5.38. The van der Waals surface area contributed by atoms with Gasteiger partial charge in [-0.15, -0.1) is 0 Å². The van der Waals surface area contributed by atoms with Gasteiger partial charge in [0.25, 0.3) is 0 Å². The Bertz CT molecular complexity index is 564. The van der Waals surface area contributed by atoms with Gasteiger partial charge in [-0.1, -0.05) is 0 Å². The lowest BCUT2D eigenvalue weighted by Gasteiger charge is -2.22. The van der Waals surface area contributed by atoms with Crippen LogP contribution in [0, 0.1) is 0 Å². The zero-order chi connectivity index (χ0) is 17.4. The van der Waals surface area contributed by atoms with Crippen molar-refractivity contribution >= 4 is 5.97 Å². The third kappa shape index (κ3) is 4.15. The predicted molar refractivity (Wildman–Crippen MR) is 67.5 cm³/mol. The zero-order valence-corrected chi connectivity index (χ0v) is 11.7. The van der Waals surface area contributed by atoms with Crippen LogP contribution >= 0.6 is 0 Å². The van der Waals surface area contributed by atoms with Gasteiger partial charge in [0.15, 0.2) is 0 Å². The maximum absolute atomic E-state index is 12.8. The molecule has 1 N–H and O–H groups in total. The first-order valence-corrected chi connectivity index (χ1v) is 6.73. The largest absolute Gasteiger partial charge is 0.480 e. The molecule has 9 heteroatoms. The molecule has 1 fully saturated rings. The Kier molecular flexibility index (Phi) is 4.61. The number of rotatable bonds is 3. The normalized spacial score (nSPS) is 20.0. The minimum Gasteiger partial charge on any atom is -0.480 e. The molecule has 0 spiro atoms. The lowest BCUT2D eigenvalue weighted by atomic mass is 10.0. The number of likely N-dealkylation sites (tertiary alicyclic amines) is 1. The van der Waals surface area contributed by atoms with Crippen molar-refractivity contribution in [3.8, 4) is 0 Å². The zero-order valence-electron chi connectivity index (χ0n) is 11.7. The Morgan fingerprint density at radius 1 is 1.09 bits per heavy atom. The van der Waals surface area contributed by atoms with E-state index in [1.165, 1.54) is 4.90 Å². The van der Waals surface area contributed by atoms with Crippen LogP contribution in [-0.2, 0) is 23.7 Å². The number of benzene rings is 1. The van der Waals surface area contributed by atoms with Gasteiger partial charge >= 0.3 is 18.3 Å². The molecular formula is C14H13F6NO2. The molecule has 0 aromatic heterocycles. The van der Waals surface area contributed by atoms with Gasteiger partial charge < -0.3 is 5.11 Å². The summed E-state index contributed by atoms with van der Waals surface area (Å²) in [6.07, 6.45) is -8.97. The second-order valence-corrected chi connectivity index (χ2v) is 5.38. The van der Waals surface area contributed by atoms with Crippen molar-refractivity contribution in [3.05, 3.63) is 34.9 Å². The summed E-state index contributed by atoms with van der Waals surface area (Å²) in [7, 11) is 0. The number of nitrogens with zero attached hydrogens (tertiary/aromatic N) is 1. The van der Waals surface area contributed by atoms with E-state index in [0.29, 0.717) is 31.5 Å². The van der Waals surface area contributed by atoms with E-state index in [-0.39, 0.29) is 18.2 Å². The van der Waals surface area contributed by atoms with Crippen molar-refractivity contribution < 1.29 is 36.2 Å². The fraction of sp³-hybridized carbons (Fsp3) is 0.500. The Morgan fingerprint density at radius 2 is 1.61 bits per heavy atom. The summed E-state index contributed by atoms with van der Waals surface area (Å²) in [5.41, 5.74) is -3.00. The summed E-state index contributed by atoms with van der Waals surface area (Å²) >= 11 is 0. The van der Waals surface area contributed by atoms with E-state index in [2.05, 4.69) is 0 Å². The number of carboxylic acid groups (broad SMARTS) is 1. The van der Waals surface area contributed by atoms with Crippen molar-refractivity contribution in [2.75, 3.05) is 6.54 Å². The second kappa shape index (κ2) is 6.03. The summed E-state index contributed by atoms with van der Waals surface area (Å²) in [5.74, 6) is -1.13. The van der Waals surface area contributed by atoms with Crippen LogP contribution in [0.3, 0.4) is 0 Å². The Morgan fingerprint density at radius 3 is 2.04 bits per heavy atom. The van der Waals surface area contributed by atoms with E-state index < -0.39 is 35.5 Å². The minimum absolute atomic E-state index is 0.0577. The third-order valence-corrected chi connectivity index (χ3v) is 3.68. The van der Waals surface area contributed by atoms with E-state index in [0.717, 1.165) is 0 Å². The molecule has 1 atom stereocenters. The first-order valence-electron chi connectivity index (χ1n) is 6.73. The molecule has 0 bridgehead atoms. The maximum Gasteiger partial charge on any atom is 0.416 e. The van der Waals surface area contributed by atoms with Gasteiger partial charge in [-0.2, -0.15) is 26.3 Å². The van der Waals surface area contributed by atoms with Gasteiger partial charge in [0, 0.05) is 6.54 Å². The topological polar surface area (TPSA) is 40.5 Å². The van der Waals surface area contributed by atoms with Crippen molar-refractivity contribution in [2.24, 2.45) is 0 Å². The van der Waals surface area contributed by atoms with Crippen LogP contribution in [0.5, 0.6) is 0 Å². The number of alkyl halides is 6. The van der Waals surface area contributed by atoms with Crippen LogP contribution in [0.1, 0.15) is 29.5 Å². The Balaban J connectivity index is 2.36. The first-order chi connectivity index (χ1) is 10.5. The molecule has 1 heterocycles. The van der Waals surface area contributed by atoms with Crippen LogP contribution in [0.15, 0.2) is 18.2 Å². The molecule has 0 radical (unpaired) electrons.